The van der Waals surface area contributed by atoms with Crippen molar-refractivity contribution >= 4 is 11.8 Å². The zero-order valence-electron chi connectivity index (χ0n) is 26.3. The molecule has 0 spiro atoms. The number of rotatable bonds is 14. The van der Waals surface area contributed by atoms with Crippen molar-refractivity contribution in [2.75, 3.05) is 39.5 Å². The first-order valence-corrected chi connectivity index (χ1v) is 16.6. The first-order chi connectivity index (χ1) is 19.6. The molecular formula is C34H58N2O5. The number of hydrogen-bond acceptors (Lipinski definition) is 5. The van der Waals surface area contributed by atoms with Crippen molar-refractivity contribution in [3.8, 4) is 0 Å². The van der Waals surface area contributed by atoms with Gasteiger partial charge in [-0.1, -0.05) is 27.4 Å². The maximum Gasteiger partial charge on any atom is 0.246 e. The third-order valence-corrected chi connectivity index (χ3v) is 12.1. The van der Waals surface area contributed by atoms with Crippen molar-refractivity contribution in [1.82, 2.24) is 10.6 Å². The zero-order chi connectivity index (χ0) is 29.6. The van der Waals surface area contributed by atoms with E-state index in [1.807, 2.05) is 0 Å². The number of carbonyl (C=O) groups is 2. The van der Waals surface area contributed by atoms with Gasteiger partial charge in [0.2, 0.25) is 11.8 Å². The Hall–Kier alpha value is -1.44. The molecule has 41 heavy (non-hydrogen) atoms. The Bertz CT molecular complexity index is 910. The fraction of sp³-hybridized carbons (Fsp3) is 0.882. The molecular weight excluding hydrogens is 516 g/mol. The summed E-state index contributed by atoms with van der Waals surface area (Å²) < 4.78 is 11.0. The Morgan fingerprint density at radius 2 is 1.56 bits per heavy atom. The van der Waals surface area contributed by atoms with Crippen LogP contribution in [0.2, 0.25) is 0 Å². The average molecular weight is 575 g/mol. The van der Waals surface area contributed by atoms with Crippen LogP contribution in [0.15, 0.2) is 12.2 Å². The molecule has 4 aliphatic carbocycles. The van der Waals surface area contributed by atoms with Crippen LogP contribution in [-0.2, 0) is 19.1 Å². The summed E-state index contributed by atoms with van der Waals surface area (Å²) >= 11 is 0. The molecule has 7 heteroatoms. The van der Waals surface area contributed by atoms with Crippen LogP contribution in [-0.4, -0.2) is 62.5 Å². The predicted molar refractivity (Wildman–Crippen MR) is 162 cm³/mol. The van der Waals surface area contributed by atoms with Gasteiger partial charge >= 0.3 is 0 Å². The third kappa shape index (κ3) is 7.56. The van der Waals surface area contributed by atoms with Crippen molar-refractivity contribution in [1.29, 1.82) is 0 Å². The molecule has 4 fully saturated rings. The predicted octanol–water partition coefficient (Wildman–Crippen LogP) is 5.26. The normalized spacial score (nSPS) is 36.9. The molecule has 7 nitrogen and oxygen atoms in total. The van der Waals surface area contributed by atoms with E-state index in [1.54, 1.807) is 6.92 Å². The minimum absolute atomic E-state index is 0.0701. The highest BCUT2D eigenvalue weighted by Crippen LogP contribution is 2.68. The van der Waals surface area contributed by atoms with Crippen LogP contribution in [0.5, 0.6) is 0 Å². The first-order valence-electron chi connectivity index (χ1n) is 16.6. The summed E-state index contributed by atoms with van der Waals surface area (Å²) in [7, 11) is 0. The highest BCUT2D eigenvalue weighted by Gasteiger charge is 2.60. The number of hydrogen-bond donors (Lipinski definition) is 3. The lowest BCUT2D eigenvalue weighted by Crippen LogP contribution is -2.54. The first kappa shape index (κ1) is 32.5. The van der Waals surface area contributed by atoms with Crippen LogP contribution < -0.4 is 10.6 Å². The summed E-state index contributed by atoms with van der Waals surface area (Å²) in [6, 6.07) is 0. The molecule has 4 saturated carbocycles. The third-order valence-electron chi connectivity index (χ3n) is 12.1. The molecule has 4 aliphatic rings. The van der Waals surface area contributed by atoms with Gasteiger partial charge in [0, 0.05) is 25.1 Å². The van der Waals surface area contributed by atoms with Gasteiger partial charge in [0.15, 0.2) is 0 Å². The number of nitrogens with one attached hydrogen (secondary N) is 2. The molecule has 0 radical (unpaired) electrons. The van der Waals surface area contributed by atoms with E-state index in [0.29, 0.717) is 68.3 Å². The Morgan fingerprint density at radius 1 is 0.902 bits per heavy atom. The minimum Gasteiger partial charge on any atom is -0.393 e. The highest BCUT2D eigenvalue weighted by atomic mass is 16.5. The summed E-state index contributed by atoms with van der Waals surface area (Å²) in [5.74, 6) is 4.51. The lowest BCUT2D eigenvalue weighted by atomic mass is 9.44. The standard InChI is InChI=1S/C34H58N2O5/c1-23(2)32(39)36-17-19-41-21-20-40-18-16-35-31(38)11-6-24(3)28-9-10-29-27-8-7-25-22-26(37)12-14-33(25,4)30(27)13-15-34(28,29)5/h24-30,37H,1,6-22H2,2-5H3,(H,35,38)(H,36,39)/t24-,25?,26-,27?,28-,29?,30?,33+,34-/m1/s1. The van der Waals surface area contributed by atoms with E-state index in [0.717, 1.165) is 48.9 Å². The van der Waals surface area contributed by atoms with E-state index in [9.17, 15) is 14.7 Å². The molecule has 0 bridgehead atoms. The van der Waals surface area contributed by atoms with Crippen LogP contribution in [0.3, 0.4) is 0 Å². The van der Waals surface area contributed by atoms with E-state index >= 15 is 0 Å². The van der Waals surface area contributed by atoms with Crippen LogP contribution in [0.1, 0.15) is 98.3 Å². The summed E-state index contributed by atoms with van der Waals surface area (Å²) in [5.41, 5.74) is 1.34. The minimum atomic E-state index is -0.155. The van der Waals surface area contributed by atoms with Gasteiger partial charge in [0.05, 0.1) is 32.5 Å². The van der Waals surface area contributed by atoms with Gasteiger partial charge in [-0.25, -0.2) is 0 Å². The van der Waals surface area contributed by atoms with Gasteiger partial charge in [-0.15, -0.1) is 0 Å². The molecule has 4 rings (SSSR count). The quantitative estimate of drug-likeness (QED) is 0.194. The van der Waals surface area contributed by atoms with Crippen molar-refractivity contribution in [3.05, 3.63) is 12.2 Å². The van der Waals surface area contributed by atoms with E-state index < -0.39 is 0 Å². The SMILES string of the molecule is C=C(C)C(=O)NCCOCCOCCNC(=O)CC[C@@H](C)[C@H]1CCC2C3CCC4C[C@H](O)CC[C@]4(C)C3CC[C@@]21C. The second-order valence-corrected chi connectivity index (χ2v) is 14.4. The van der Waals surface area contributed by atoms with Crippen molar-refractivity contribution in [2.24, 2.45) is 46.3 Å². The topological polar surface area (TPSA) is 96.9 Å². The number of fused-ring (bicyclic) bond motifs is 5. The Labute approximate surface area is 249 Å². The molecule has 4 unspecified atom stereocenters. The zero-order valence-corrected chi connectivity index (χ0v) is 26.3. The monoisotopic (exact) mass is 574 g/mol. The maximum atomic E-state index is 12.6. The summed E-state index contributed by atoms with van der Waals surface area (Å²) in [5, 5.41) is 16.1. The van der Waals surface area contributed by atoms with Gasteiger partial charge in [-0.2, -0.15) is 0 Å². The van der Waals surface area contributed by atoms with E-state index in [4.69, 9.17) is 9.47 Å². The lowest BCUT2D eigenvalue weighted by Gasteiger charge is -2.61. The molecule has 234 valence electrons. The molecule has 9 atom stereocenters. The van der Waals surface area contributed by atoms with E-state index in [1.165, 1.54) is 44.9 Å². The van der Waals surface area contributed by atoms with E-state index in [2.05, 4.69) is 38.0 Å². The molecule has 0 aromatic rings. The summed E-state index contributed by atoms with van der Waals surface area (Å²) in [6.07, 6.45) is 12.8. The number of ether oxygens (including phenoxy) is 2. The highest BCUT2D eigenvalue weighted by molar-refractivity contribution is 5.92. The van der Waals surface area contributed by atoms with Crippen LogP contribution in [0.25, 0.3) is 0 Å². The number of amides is 2. The van der Waals surface area contributed by atoms with Crippen molar-refractivity contribution in [2.45, 2.75) is 104 Å². The van der Waals surface area contributed by atoms with Crippen molar-refractivity contribution < 1.29 is 24.2 Å². The van der Waals surface area contributed by atoms with Gasteiger partial charge in [-0.3, -0.25) is 9.59 Å². The Morgan fingerprint density at radius 3 is 2.27 bits per heavy atom. The summed E-state index contributed by atoms with van der Waals surface area (Å²) in [4.78, 5) is 24.0. The second kappa shape index (κ2) is 14.4. The molecule has 0 aliphatic heterocycles. The van der Waals surface area contributed by atoms with Gasteiger partial charge in [0.1, 0.15) is 0 Å². The number of aliphatic hydroxyl groups excluding tert-OH is 1. The molecule has 0 saturated heterocycles. The molecule has 2 amide bonds. The fourth-order valence-corrected chi connectivity index (χ4v) is 9.83. The van der Waals surface area contributed by atoms with Crippen LogP contribution in [0, 0.1) is 46.3 Å². The maximum absolute atomic E-state index is 12.6. The molecule has 0 aromatic heterocycles. The summed E-state index contributed by atoms with van der Waals surface area (Å²) in [6.45, 7) is 15.6. The van der Waals surface area contributed by atoms with Crippen LogP contribution in [0.4, 0.5) is 0 Å². The second-order valence-electron chi connectivity index (χ2n) is 14.4. The fourth-order valence-electron chi connectivity index (χ4n) is 9.83. The Kier molecular flexibility index (Phi) is 11.4. The average Bonchev–Trinajstić information content (AvgIpc) is 3.30. The van der Waals surface area contributed by atoms with Gasteiger partial charge in [0.25, 0.3) is 0 Å². The molecule has 0 heterocycles. The van der Waals surface area contributed by atoms with Crippen molar-refractivity contribution in [3.63, 3.8) is 0 Å². The van der Waals surface area contributed by atoms with Gasteiger partial charge < -0.3 is 25.2 Å². The number of aliphatic hydroxyl groups is 1. The number of carbonyl (C=O) groups excluding carboxylic acids is 2. The lowest BCUT2D eigenvalue weighted by molar-refractivity contribution is -0.130. The van der Waals surface area contributed by atoms with E-state index in [-0.39, 0.29) is 17.9 Å². The van der Waals surface area contributed by atoms with Gasteiger partial charge in [-0.05, 0) is 117 Å². The molecule has 0 aromatic carbocycles. The smallest absolute Gasteiger partial charge is 0.246 e. The largest absolute Gasteiger partial charge is 0.393 e. The Balaban J connectivity index is 1.11. The molecule has 3 N–H and O–H groups in total. The van der Waals surface area contributed by atoms with Crippen LogP contribution >= 0.6 is 0 Å².